The summed E-state index contributed by atoms with van der Waals surface area (Å²) >= 11 is 0. The minimum absolute atomic E-state index is 0.365. The van der Waals surface area contributed by atoms with Crippen LogP contribution in [0.15, 0.2) is 200 Å². The SMILES string of the molecule is c1ccc(-c2nc(-c3ccc(-c4cccnc4)cc3)cc(-c3ccc(-c4cccc5c4-c4ccccc4C54c5ccccc5-c5ccccc54)cc3)n2)cc1. The second-order valence-electron chi connectivity index (χ2n) is 14.3. The van der Waals surface area contributed by atoms with Crippen molar-refractivity contribution in [3.05, 3.63) is 223 Å². The van der Waals surface area contributed by atoms with Crippen LogP contribution in [0, 0.1) is 0 Å². The van der Waals surface area contributed by atoms with Gasteiger partial charge in [0, 0.05) is 29.1 Å². The lowest BCUT2D eigenvalue weighted by molar-refractivity contribution is 0.794. The van der Waals surface area contributed by atoms with Gasteiger partial charge in [0.1, 0.15) is 0 Å². The van der Waals surface area contributed by atoms with E-state index in [1.165, 1.54) is 55.6 Å². The fraction of sp³-hybridized carbons (Fsp3) is 0.0192. The molecular formula is C52H33N3. The minimum Gasteiger partial charge on any atom is -0.264 e. The number of pyridine rings is 1. The van der Waals surface area contributed by atoms with E-state index >= 15 is 0 Å². The molecule has 0 atom stereocenters. The first-order valence-electron chi connectivity index (χ1n) is 18.8. The molecule has 0 radical (unpaired) electrons. The van der Waals surface area contributed by atoms with Gasteiger partial charge in [-0.25, -0.2) is 9.97 Å². The maximum absolute atomic E-state index is 5.13. The molecule has 2 aliphatic rings. The first kappa shape index (κ1) is 31.3. The van der Waals surface area contributed by atoms with E-state index in [1.807, 2.05) is 30.5 Å². The van der Waals surface area contributed by atoms with Gasteiger partial charge in [-0.1, -0.05) is 176 Å². The monoisotopic (exact) mass is 699 g/mol. The van der Waals surface area contributed by atoms with Crippen molar-refractivity contribution >= 4 is 0 Å². The summed E-state index contributed by atoms with van der Waals surface area (Å²) in [6.45, 7) is 0. The molecule has 11 rings (SSSR count). The maximum atomic E-state index is 5.13. The molecule has 3 heteroatoms. The Balaban J connectivity index is 1.03. The number of rotatable bonds is 5. The second-order valence-corrected chi connectivity index (χ2v) is 14.3. The highest BCUT2D eigenvalue weighted by molar-refractivity contribution is 6.00. The summed E-state index contributed by atoms with van der Waals surface area (Å²) in [5, 5.41) is 0. The lowest BCUT2D eigenvalue weighted by Crippen LogP contribution is -2.25. The second kappa shape index (κ2) is 12.4. The van der Waals surface area contributed by atoms with Crippen LogP contribution in [0.5, 0.6) is 0 Å². The summed E-state index contributed by atoms with van der Waals surface area (Å²) in [6.07, 6.45) is 3.69. The Morgan fingerprint density at radius 1 is 0.327 bits per heavy atom. The smallest absolute Gasteiger partial charge is 0.160 e. The summed E-state index contributed by atoms with van der Waals surface area (Å²) in [6, 6.07) is 67.6. The molecule has 2 heterocycles. The Hall–Kier alpha value is -7.23. The highest BCUT2D eigenvalue weighted by atomic mass is 14.9. The van der Waals surface area contributed by atoms with E-state index in [1.54, 1.807) is 6.20 Å². The largest absolute Gasteiger partial charge is 0.264 e. The number of benzene rings is 7. The van der Waals surface area contributed by atoms with Crippen LogP contribution in [0.3, 0.4) is 0 Å². The average molecular weight is 700 g/mol. The van der Waals surface area contributed by atoms with Gasteiger partial charge in [0.2, 0.25) is 0 Å². The van der Waals surface area contributed by atoms with Crippen molar-refractivity contribution in [2.75, 3.05) is 0 Å². The van der Waals surface area contributed by atoms with Crippen LogP contribution in [-0.4, -0.2) is 15.0 Å². The van der Waals surface area contributed by atoms with Crippen LogP contribution >= 0.6 is 0 Å². The molecule has 0 saturated carbocycles. The van der Waals surface area contributed by atoms with Gasteiger partial charge < -0.3 is 0 Å². The fourth-order valence-corrected chi connectivity index (χ4v) is 9.03. The molecule has 1 spiro atoms. The van der Waals surface area contributed by atoms with Crippen molar-refractivity contribution in [2.45, 2.75) is 5.41 Å². The van der Waals surface area contributed by atoms with Gasteiger partial charge in [0.15, 0.2) is 5.82 Å². The van der Waals surface area contributed by atoms with Crippen molar-refractivity contribution in [1.82, 2.24) is 15.0 Å². The maximum Gasteiger partial charge on any atom is 0.160 e. The molecule has 0 amide bonds. The van der Waals surface area contributed by atoms with Crippen molar-refractivity contribution in [3.8, 4) is 78.4 Å². The fourth-order valence-electron chi connectivity index (χ4n) is 9.03. The van der Waals surface area contributed by atoms with Crippen LogP contribution in [-0.2, 0) is 5.41 Å². The summed E-state index contributed by atoms with van der Waals surface area (Å²) in [4.78, 5) is 14.5. The normalized spacial score (nSPS) is 12.9. The Morgan fingerprint density at radius 3 is 1.44 bits per heavy atom. The van der Waals surface area contributed by atoms with Gasteiger partial charge in [-0.3, -0.25) is 4.98 Å². The summed E-state index contributed by atoms with van der Waals surface area (Å²) in [5.74, 6) is 0.702. The summed E-state index contributed by atoms with van der Waals surface area (Å²) in [7, 11) is 0. The van der Waals surface area contributed by atoms with Crippen molar-refractivity contribution in [1.29, 1.82) is 0 Å². The molecule has 0 fully saturated rings. The van der Waals surface area contributed by atoms with Gasteiger partial charge in [-0.05, 0) is 78.9 Å². The Kier molecular flexibility index (Phi) is 7.08. The molecule has 2 aromatic heterocycles. The third kappa shape index (κ3) is 4.80. The Bertz CT molecular complexity index is 2850. The standard InChI is InChI=1S/C52H33N3/c1-2-12-38(13-3-1)51-54-48(36-27-23-34(24-28-36)39-14-11-31-53-33-39)32-49(55-51)37-29-25-35(26-30-37)40-18-10-22-47-50(40)43-17-6-9-21-46(43)52(47)44-19-7-4-15-41(44)42-16-5-8-20-45(42)52/h1-33H. The predicted molar refractivity (Wildman–Crippen MR) is 223 cm³/mol. The highest BCUT2D eigenvalue weighted by Crippen LogP contribution is 2.63. The van der Waals surface area contributed by atoms with E-state index in [0.29, 0.717) is 5.82 Å². The molecule has 7 aromatic carbocycles. The van der Waals surface area contributed by atoms with Crippen LogP contribution < -0.4 is 0 Å². The number of nitrogens with zero attached hydrogens (tertiary/aromatic N) is 3. The first-order chi connectivity index (χ1) is 27.3. The van der Waals surface area contributed by atoms with E-state index in [-0.39, 0.29) is 5.41 Å². The number of hydrogen-bond acceptors (Lipinski definition) is 3. The molecule has 0 saturated heterocycles. The van der Waals surface area contributed by atoms with Crippen LogP contribution in [0.2, 0.25) is 0 Å². The summed E-state index contributed by atoms with van der Waals surface area (Å²) in [5.41, 5.74) is 19.7. The molecule has 0 unspecified atom stereocenters. The molecule has 9 aromatic rings. The Labute approximate surface area is 320 Å². The zero-order valence-electron chi connectivity index (χ0n) is 29.9. The van der Waals surface area contributed by atoms with Gasteiger partial charge in [-0.2, -0.15) is 0 Å². The topological polar surface area (TPSA) is 38.7 Å². The van der Waals surface area contributed by atoms with E-state index in [9.17, 15) is 0 Å². The van der Waals surface area contributed by atoms with E-state index < -0.39 is 0 Å². The lowest BCUT2D eigenvalue weighted by Gasteiger charge is -2.30. The van der Waals surface area contributed by atoms with Crippen LogP contribution in [0.1, 0.15) is 22.3 Å². The van der Waals surface area contributed by atoms with Gasteiger partial charge in [-0.15, -0.1) is 0 Å². The minimum atomic E-state index is -0.365. The third-order valence-electron chi connectivity index (χ3n) is 11.4. The van der Waals surface area contributed by atoms with Crippen molar-refractivity contribution in [3.63, 3.8) is 0 Å². The summed E-state index contributed by atoms with van der Waals surface area (Å²) < 4.78 is 0. The zero-order valence-corrected chi connectivity index (χ0v) is 29.9. The molecule has 256 valence electrons. The van der Waals surface area contributed by atoms with Crippen molar-refractivity contribution < 1.29 is 0 Å². The van der Waals surface area contributed by atoms with Crippen LogP contribution in [0.25, 0.3) is 78.4 Å². The number of aromatic nitrogens is 3. The highest BCUT2D eigenvalue weighted by Gasteiger charge is 2.51. The first-order valence-corrected chi connectivity index (χ1v) is 18.8. The lowest BCUT2D eigenvalue weighted by atomic mass is 9.70. The molecule has 0 aliphatic heterocycles. The van der Waals surface area contributed by atoms with Crippen LogP contribution in [0.4, 0.5) is 0 Å². The zero-order chi connectivity index (χ0) is 36.3. The quantitative estimate of drug-likeness (QED) is 0.179. The van der Waals surface area contributed by atoms with Crippen molar-refractivity contribution in [2.24, 2.45) is 0 Å². The molecule has 55 heavy (non-hydrogen) atoms. The molecular weight excluding hydrogens is 667 g/mol. The predicted octanol–water partition coefficient (Wildman–Crippen LogP) is 12.6. The van der Waals surface area contributed by atoms with Gasteiger partial charge >= 0.3 is 0 Å². The van der Waals surface area contributed by atoms with E-state index in [0.717, 1.165) is 39.2 Å². The van der Waals surface area contributed by atoms with Gasteiger partial charge in [0.25, 0.3) is 0 Å². The van der Waals surface area contributed by atoms with E-state index in [4.69, 9.17) is 9.97 Å². The number of fused-ring (bicyclic) bond motifs is 10. The Morgan fingerprint density at radius 2 is 0.818 bits per heavy atom. The molecule has 0 bridgehead atoms. The molecule has 3 nitrogen and oxygen atoms in total. The molecule has 0 N–H and O–H groups in total. The van der Waals surface area contributed by atoms with Gasteiger partial charge in [0.05, 0.1) is 16.8 Å². The van der Waals surface area contributed by atoms with E-state index in [2.05, 4.69) is 169 Å². The average Bonchev–Trinajstić information content (AvgIpc) is 3.75. The third-order valence-corrected chi connectivity index (χ3v) is 11.4. The number of hydrogen-bond donors (Lipinski definition) is 0. The molecule has 2 aliphatic carbocycles.